The summed E-state index contributed by atoms with van der Waals surface area (Å²) < 4.78 is 51.2. The fourth-order valence-corrected chi connectivity index (χ4v) is 6.39. The predicted octanol–water partition coefficient (Wildman–Crippen LogP) is 3.03. The normalized spacial score (nSPS) is 15.1. The van der Waals surface area contributed by atoms with E-state index in [1.54, 1.807) is 11.1 Å². The molecule has 0 saturated carbocycles. The molecule has 1 aromatic carbocycles. The van der Waals surface area contributed by atoms with Crippen molar-refractivity contribution in [1.29, 1.82) is 0 Å². The lowest BCUT2D eigenvalue weighted by molar-refractivity contribution is -0.141. The van der Waals surface area contributed by atoms with Crippen molar-refractivity contribution in [3.8, 4) is 16.9 Å². The van der Waals surface area contributed by atoms with Crippen LogP contribution in [0.2, 0.25) is 5.02 Å². The Kier molecular flexibility index (Phi) is 12.5. The number of piperidine rings is 1. The first-order chi connectivity index (χ1) is 25.4. The number of carbonyl (C=O) groups excluding carboxylic acids is 3. The van der Waals surface area contributed by atoms with Crippen LogP contribution in [0, 0.1) is 5.92 Å². The quantitative estimate of drug-likeness (QED) is 0.215. The molecule has 4 aromatic rings. The van der Waals surface area contributed by atoms with Crippen molar-refractivity contribution in [3.63, 3.8) is 0 Å². The van der Waals surface area contributed by atoms with Crippen LogP contribution < -0.4 is 10.6 Å². The van der Waals surface area contributed by atoms with E-state index in [-0.39, 0.29) is 57.6 Å². The fraction of sp³-hybridized carbons (Fsp3) is 0.424. The topological polar surface area (TPSA) is 182 Å². The van der Waals surface area contributed by atoms with Crippen LogP contribution in [-0.4, -0.2) is 121 Å². The van der Waals surface area contributed by atoms with E-state index >= 15 is 0 Å². The molecule has 0 bridgehead atoms. The number of nitrogens with zero attached hydrogens (tertiary/aromatic N) is 8. The van der Waals surface area contributed by atoms with Gasteiger partial charge >= 0.3 is 6.18 Å². The van der Waals surface area contributed by atoms with Crippen LogP contribution in [0.5, 0.6) is 0 Å². The monoisotopic (exact) mass is 762 g/mol. The molecule has 0 radical (unpaired) electrons. The third-order valence-corrected chi connectivity index (χ3v) is 9.20. The zero-order valence-electron chi connectivity index (χ0n) is 28.8. The summed E-state index contributed by atoms with van der Waals surface area (Å²) in [7, 11) is 2.95. The van der Waals surface area contributed by atoms with E-state index in [4.69, 9.17) is 26.2 Å². The number of ether oxygens (including phenoxy) is 1. The van der Waals surface area contributed by atoms with E-state index in [9.17, 15) is 27.6 Å². The number of amides is 3. The Bertz CT molecular complexity index is 1930. The summed E-state index contributed by atoms with van der Waals surface area (Å²) in [4.78, 5) is 55.4. The molecular weight excluding hydrogens is 725 g/mol. The second-order valence-electron chi connectivity index (χ2n) is 12.2. The molecule has 3 amide bonds. The highest BCUT2D eigenvalue weighted by molar-refractivity contribution is 6.34. The van der Waals surface area contributed by atoms with Gasteiger partial charge in [0.15, 0.2) is 11.5 Å². The molecule has 6 rings (SSSR count). The first kappa shape index (κ1) is 38.9. The molecule has 53 heavy (non-hydrogen) atoms. The summed E-state index contributed by atoms with van der Waals surface area (Å²) in [5.41, 5.74) is -0.618. The molecular formula is C33H38ClF3N10O6. The molecule has 284 valence electrons. The van der Waals surface area contributed by atoms with Crippen molar-refractivity contribution < 1.29 is 42.2 Å². The SMILES string of the molecule is COCCn1cc(-n2cc(-c3cnc(C(=O)Nc4ccc(C(=O)N5CCN(C(=O)C6CCNCC6)CC5)c(Cl)c4)n3C)c(C(F)(F)F)n2)cn1.O=CO. The van der Waals surface area contributed by atoms with Gasteiger partial charge in [0.25, 0.3) is 18.3 Å². The number of carbonyl (C=O) groups is 4. The van der Waals surface area contributed by atoms with Crippen molar-refractivity contribution in [2.45, 2.75) is 25.6 Å². The number of halogens is 4. The number of hydrogen-bond acceptors (Lipinski definition) is 9. The van der Waals surface area contributed by atoms with Crippen LogP contribution in [0.25, 0.3) is 16.9 Å². The van der Waals surface area contributed by atoms with E-state index in [2.05, 4.69) is 25.8 Å². The van der Waals surface area contributed by atoms with Gasteiger partial charge in [-0.25, -0.2) is 9.67 Å². The van der Waals surface area contributed by atoms with Gasteiger partial charge in [-0.2, -0.15) is 23.4 Å². The molecule has 5 heterocycles. The molecule has 2 saturated heterocycles. The molecule has 2 aliphatic heterocycles. The van der Waals surface area contributed by atoms with Gasteiger partial charge in [-0.05, 0) is 44.1 Å². The van der Waals surface area contributed by atoms with Crippen molar-refractivity contribution in [3.05, 3.63) is 65.1 Å². The molecule has 3 N–H and O–H groups in total. The number of methoxy groups -OCH3 is 1. The molecule has 0 aliphatic carbocycles. The standard InChI is InChI=1S/C32H36ClF3N10O4.CH2O2/c1-42-26(24-19-46(41-27(24)32(34,35)36)22-16-39-45(18-22)13-14-50-2)17-38-28(42)29(47)40-21-3-4-23(25(33)15-21)31(49)44-11-9-43(10-12-44)30(48)20-5-7-37-8-6-20;2-1-3/h3-4,15-20,37H,5-14H2,1-2H3,(H,40,47);1H,(H,2,3). The largest absolute Gasteiger partial charge is 0.483 e. The van der Waals surface area contributed by atoms with Gasteiger partial charge in [0, 0.05) is 58.1 Å². The third-order valence-electron chi connectivity index (χ3n) is 8.88. The summed E-state index contributed by atoms with van der Waals surface area (Å²) in [6.45, 7) is 3.80. The summed E-state index contributed by atoms with van der Waals surface area (Å²) >= 11 is 6.49. The van der Waals surface area contributed by atoms with Gasteiger partial charge in [-0.1, -0.05) is 11.6 Å². The maximum Gasteiger partial charge on any atom is 0.435 e. The average Bonchev–Trinajstić information content (AvgIpc) is 3.89. The number of alkyl halides is 3. The fourth-order valence-electron chi connectivity index (χ4n) is 6.13. The highest BCUT2D eigenvalue weighted by Gasteiger charge is 2.39. The zero-order chi connectivity index (χ0) is 38.3. The lowest BCUT2D eigenvalue weighted by Gasteiger charge is -2.37. The van der Waals surface area contributed by atoms with Crippen LogP contribution in [-0.2, 0) is 34.1 Å². The minimum Gasteiger partial charge on any atom is -0.483 e. The molecule has 0 unspecified atom stereocenters. The number of imidazole rings is 1. The van der Waals surface area contributed by atoms with Crippen molar-refractivity contribution in [2.24, 2.45) is 13.0 Å². The van der Waals surface area contributed by atoms with Crippen molar-refractivity contribution in [1.82, 2.24) is 44.2 Å². The molecule has 3 aromatic heterocycles. The van der Waals surface area contributed by atoms with Gasteiger partial charge in [0.2, 0.25) is 5.91 Å². The Labute approximate surface area is 306 Å². The average molecular weight is 763 g/mol. The Morgan fingerprint density at radius 3 is 2.42 bits per heavy atom. The summed E-state index contributed by atoms with van der Waals surface area (Å²) in [5, 5.41) is 20.8. The number of hydrogen-bond donors (Lipinski definition) is 3. The smallest absolute Gasteiger partial charge is 0.435 e. The van der Waals surface area contributed by atoms with Gasteiger partial charge < -0.3 is 34.8 Å². The molecule has 20 heteroatoms. The number of aromatic nitrogens is 6. The van der Waals surface area contributed by atoms with Crippen LogP contribution in [0.15, 0.2) is 43.0 Å². The first-order valence-electron chi connectivity index (χ1n) is 16.5. The van der Waals surface area contributed by atoms with Crippen molar-refractivity contribution in [2.75, 3.05) is 58.3 Å². The Balaban J connectivity index is 0.00000175. The highest BCUT2D eigenvalue weighted by atomic mass is 35.5. The van der Waals surface area contributed by atoms with E-state index in [0.29, 0.717) is 45.0 Å². The van der Waals surface area contributed by atoms with Gasteiger partial charge in [-0.3, -0.25) is 23.9 Å². The van der Waals surface area contributed by atoms with E-state index in [0.717, 1.165) is 30.6 Å². The first-order valence-corrected chi connectivity index (χ1v) is 16.9. The zero-order valence-corrected chi connectivity index (χ0v) is 29.6. The molecule has 0 spiro atoms. The Hall–Kier alpha value is -5.27. The van der Waals surface area contributed by atoms with E-state index in [1.807, 2.05) is 4.90 Å². The number of rotatable bonds is 9. The third kappa shape index (κ3) is 9.03. The molecule has 0 atom stereocenters. The van der Waals surface area contributed by atoms with Crippen LogP contribution >= 0.6 is 11.6 Å². The molecule has 16 nitrogen and oxygen atoms in total. The lowest BCUT2D eigenvalue weighted by Crippen LogP contribution is -2.52. The second kappa shape index (κ2) is 17.0. The summed E-state index contributed by atoms with van der Waals surface area (Å²) in [6, 6.07) is 4.43. The van der Waals surface area contributed by atoms with Crippen LogP contribution in [0.3, 0.4) is 0 Å². The number of nitrogens with one attached hydrogen (secondary N) is 2. The second-order valence-corrected chi connectivity index (χ2v) is 12.6. The Morgan fingerprint density at radius 2 is 1.77 bits per heavy atom. The summed E-state index contributed by atoms with van der Waals surface area (Å²) in [6.07, 6.45) is 2.13. The minimum absolute atomic E-state index is 0.0111. The number of carboxylic acid groups (broad SMARTS) is 1. The highest BCUT2D eigenvalue weighted by Crippen LogP contribution is 2.37. The van der Waals surface area contributed by atoms with E-state index in [1.165, 1.54) is 60.2 Å². The summed E-state index contributed by atoms with van der Waals surface area (Å²) in [5.74, 6) is -1.02. The Morgan fingerprint density at radius 1 is 1.09 bits per heavy atom. The molecule has 2 fully saturated rings. The molecule has 2 aliphatic rings. The maximum absolute atomic E-state index is 14.1. The maximum atomic E-state index is 14.1. The van der Waals surface area contributed by atoms with Gasteiger partial charge in [0.1, 0.15) is 5.69 Å². The predicted molar refractivity (Wildman–Crippen MR) is 185 cm³/mol. The number of benzene rings is 1. The minimum atomic E-state index is -4.80. The number of piperazine rings is 1. The van der Waals surface area contributed by atoms with Gasteiger partial charge in [-0.15, -0.1) is 0 Å². The van der Waals surface area contributed by atoms with Gasteiger partial charge in [0.05, 0.1) is 53.6 Å². The van der Waals surface area contributed by atoms with E-state index < -0.39 is 17.8 Å². The van der Waals surface area contributed by atoms with Crippen LogP contribution in [0.4, 0.5) is 18.9 Å². The van der Waals surface area contributed by atoms with Crippen molar-refractivity contribution >= 4 is 41.5 Å². The lowest BCUT2D eigenvalue weighted by atomic mass is 9.96. The van der Waals surface area contributed by atoms with Crippen LogP contribution in [0.1, 0.15) is 39.5 Å². The number of anilines is 1.